The molecule has 0 radical (unpaired) electrons. The largest absolute Gasteiger partial charge is 0.354 e. The summed E-state index contributed by atoms with van der Waals surface area (Å²) in [4.78, 5) is 26.0. The van der Waals surface area contributed by atoms with Crippen molar-refractivity contribution in [3.05, 3.63) is 53.9 Å². The zero-order valence-electron chi connectivity index (χ0n) is 17.8. The van der Waals surface area contributed by atoms with E-state index in [0.29, 0.717) is 17.3 Å². The molecule has 1 amide bonds. The summed E-state index contributed by atoms with van der Waals surface area (Å²) in [7, 11) is 0. The minimum absolute atomic E-state index is 0.0556. The molecule has 156 valence electrons. The molecule has 5 nitrogen and oxygen atoms in total. The van der Waals surface area contributed by atoms with Gasteiger partial charge in [0.25, 0.3) is 5.91 Å². The lowest BCUT2D eigenvalue weighted by Gasteiger charge is -2.35. The lowest BCUT2D eigenvalue weighted by atomic mass is 9.98. The van der Waals surface area contributed by atoms with Crippen molar-refractivity contribution in [3.8, 4) is 0 Å². The number of nitrogens with zero attached hydrogens (tertiary/aromatic N) is 3. The van der Waals surface area contributed by atoms with E-state index in [9.17, 15) is 4.79 Å². The molecule has 0 unspecified atom stereocenters. The van der Waals surface area contributed by atoms with E-state index in [2.05, 4.69) is 40.6 Å². The molecule has 1 atom stereocenters. The Morgan fingerprint density at radius 2 is 2.13 bits per heavy atom. The van der Waals surface area contributed by atoms with Gasteiger partial charge in [-0.3, -0.25) is 4.79 Å². The number of amides is 1. The molecule has 3 aromatic rings. The summed E-state index contributed by atoms with van der Waals surface area (Å²) in [5.41, 5.74) is 3.92. The van der Waals surface area contributed by atoms with Crippen LogP contribution in [0.25, 0.3) is 11.0 Å². The maximum atomic E-state index is 13.6. The minimum Gasteiger partial charge on any atom is -0.354 e. The third-order valence-corrected chi connectivity index (χ3v) is 6.52. The Labute approximate surface area is 182 Å². The second-order valence-electron chi connectivity index (χ2n) is 7.78. The van der Waals surface area contributed by atoms with E-state index in [1.807, 2.05) is 36.1 Å². The molecule has 0 bridgehead atoms. The van der Waals surface area contributed by atoms with Crippen LogP contribution in [0.15, 0.2) is 47.5 Å². The van der Waals surface area contributed by atoms with Gasteiger partial charge in [0, 0.05) is 40.4 Å². The van der Waals surface area contributed by atoms with Gasteiger partial charge in [0.1, 0.15) is 0 Å². The second-order valence-corrected chi connectivity index (χ2v) is 8.66. The summed E-state index contributed by atoms with van der Waals surface area (Å²) < 4.78 is 0. The molecule has 0 aliphatic carbocycles. The van der Waals surface area contributed by atoms with Crippen molar-refractivity contribution in [2.24, 2.45) is 0 Å². The van der Waals surface area contributed by atoms with Crippen LogP contribution in [0.1, 0.15) is 48.7 Å². The molecular formula is C24H28N4OS. The molecule has 2 aromatic heterocycles. The van der Waals surface area contributed by atoms with E-state index >= 15 is 0 Å². The highest BCUT2D eigenvalue weighted by molar-refractivity contribution is 7.98. The van der Waals surface area contributed by atoms with Gasteiger partial charge in [0.15, 0.2) is 5.65 Å². The van der Waals surface area contributed by atoms with Crippen molar-refractivity contribution in [2.45, 2.75) is 50.5 Å². The van der Waals surface area contributed by atoms with Crippen LogP contribution in [0.3, 0.4) is 0 Å². The molecule has 1 aliphatic rings. The highest BCUT2D eigenvalue weighted by Gasteiger charge is 2.28. The van der Waals surface area contributed by atoms with Gasteiger partial charge in [0.05, 0.1) is 11.3 Å². The highest BCUT2D eigenvalue weighted by Crippen LogP contribution is 2.32. The van der Waals surface area contributed by atoms with Gasteiger partial charge in [-0.05, 0) is 69.2 Å². The number of rotatable bonds is 5. The van der Waals surface area contributed by atoms with E-state index < -0.39 is 0 Å². The van der Waals surface area contributed by atoms with Gasteiger partial charge in [-0.1, -0.05) is 13.0 Å². The van der Waals surface area contributed by atoms with Crippen molar-refractivity contribution in [1.82, 2.24) is 14.9 Å². The third-order valence-electron chi connectivity index (χ3n) is 5.80. The normalized spacial score (nSPS) is 16.6. The fourth-order valence-electron chi connectivity index (χ4n) is 4.16. The van der Waals surface area contributed by atoms with E-state index in [4.69, 9.17) is 0 Å². The fraction of sp³-hybridized carbons (Fsp3) is 0.375. The first-order chi connectivity index (χ1) is 14.6. The Bertz CT molecular complexity index is 1070. The van der Waals surface area contributed by atoms with E-state index in [-0.39, 0.29) is 5.91 Å². The number of fused-ring (bicyclic) bond motifs is 1. The van der Waals surface area contributed by atoms with Gasteiger partial charge in [-0.2, -0.15) is 0 Å². The maximum Gasteiger partial charge on any atom is 0.257 e. The number of nitrogens with one attached hydrogen (secondary N) is 1. The van der Waals surface area contributed by atoms with Crippen molar-refractivity contribution in [3.63, 3.8) is 0 Å². The number of carbonyl (C=O) groups excluding carboxylic acids is 1. The number of aryl methyl sites for hydroxylation is 1. The van der Waals surface area contributed by atoms with E-state index in [1.165, 1.54) is 11.3 Å². The lowest BCUT2D eigenvalue weighted by molar-refractivity contribution is 0.0609. The summed E-state index contributed by atoms with van der Waals surface area (Å²) in [6, 6.07) is 12.5. The van der Waals surface area contributed by atoms with Crippen LogP contribution in [0, 0.1) is 6.92 Å². The van der Waals surface area contributed by atoms with Crippen LogP contribution >= 0.6 is 11.8 Å². The van der Waals surface area contributed by atoms with Crippen LogP contribution in [0.2, 0.25) is 0 Å². The molecule has 1 aliphatic heterocycles. The first-order valence-corrected chi connectivity index (χ1v) is 11.8. The fourth-order valence-corrected chi connectivity index (χ4v) is 4.62. The molecule has 0 saturated carbocycles. The molecule has 3 heterocycles. The zero-order valence-corrected chi connectivity index (χ0v) is 18.6. The topological polar surface area (TPSA) is 58.1 Å². The first kappa shape index (κ1) is 20.7. The summed E-state index contributed by atoms with van der Waals surface area (Å²) >= 11 is 1.70. The molecular weight excluding hydrogens is 392 g/mol. The minimum atomic E-state index is 0.0556. The Hall–Kier alpha value is -2.60. The number of anilines is 2. The summed E-state index contributed by atoms with van der Waals surface area (Å²) in [6.45, 7) is 4.92. The number of benzene rings is 1. The molecule has 1 saturated heterocycles. The number of pyridine rings is 2. The number of carbonyl (C=O) groups is 1. The van der Waals surface area contributed by atoms with Crippen LogP contribution in [0.4, 0.5) is 11.4 Å². The van der Waals surface area contributed by atoms with Crippen molar-refractivity contribution in [1.29, 1.82) is 0 Å². The van der Waals surface area contributed by atoms with Crippen LogP contribution in [-0.4, -0.2) is 39.6 Å². The van der Waals surface area contributed by atoms with Gasteiger partial charge in [-0.15, -0.1) is 11.8 Å². The van der Waals surface area contributed by atoms with Gasteiger partial charge >= 0.3 is 0 Å². The third kappa shape index (κ3) is 4.15. The second kappa shape index (κ2) is 9.04. The van der Waals surface area contributed by atoms with Crippen molar-refractivity contribution < 1.29 is 4.79 Å². The molecule has 1 fully saturated rings. The quantitative estimate of drug-likeness (QED) is 0.528. The van der Waals surface area contributed by atoms with Crippen LogP contribution in [0.5, 0.6) is 0 Å². The van der Waals surface area contributed by atoms with Crippen molar-refractivity contribution >= 4 is 40.1 Å². The maximum absolute atomic E-state index is 13.6. The molecule has 1 N–H and O–H groups in total. The Morgan fingerprint density at radius 3 is 2.93 bits per heavy atom. The Morgan fingerprint density at radius 1 is 1.27 bits per heavy atom. The predicted octanol–water partition coefficient (Wildman–Crippen LogP) is 5.81. The first-order valence-electron chi connectivity index (χ1n) is 10.6. The zero-order chi connectivity index (χ0) is 21.1. The molecule has 1 aromatic carbocycles. The number of hydrogen-bond acceptors (Lipinski definition) is 5. The van der Waals surface area contributed by atoms with Gasteiger partial charge in [0.2, 0.25) is 0 Å². The number of thioether (sulfide) groups is 1. The predicted molar refractivity (Wildman–Crippen MR) is 125 cm³/mol. The molecule has 4 rings (SSSR count). The van der Waals surface area contributed by atoms with Crippen LogP contribution < -0.4 is 5.32 Å². The van der Waals surface area contributed by atoms with Gasteiger partial charge in [-0.25, -0.2) is 9.97 Å². The Kier molecular flexibility index (Phi) is 6.23. The molecule has 6 heteroatoms. The number of hydrogen-bond donors (Lipinski definition) is 1. The average molecular weight is 421 g/mol. The molecule has 0 spiro atoms. The summed E-state index contributed by atoms with van der Waals surface area (Å²) in [6.07, 6.45) is 8.05. The number of likely N-dealkylation sites (tertiary alicyclic amines) is 1. The average Bonchev–Trinajstić information content (AvgIpc) is 2.78. The smallest absolute Gasteiger partial charge is 0.257 e. The van der Waals surface area contributed by atoms with Crippen molar-refractivity contribution in [2.75, 3.05) is 18.1 Å². The summed E-state index contributed by atoms with van der Waals surface area (Å²) in [5, 5.41) is 4.39. The van der Waals surface area contributed by atoms with Crippen LogP contribution in [-0.2, 0) is 0 Å². The number of piperidine rings is 1. The van der Waals surface area contributed by atoms with E-state index in [0.717, 1.165) is 48.3 Å². The van der Waals surface area contributed by atoms with Gasteiger partial charge < -0.3 is 10.2 Å². The highest BCUT2D eigenvalue weighted by atomic mass is 32.2. The Balaban J connectivity index is 1.81. The summed E-state index contributed by atoms with van der Waals surface area (Å²) in [5.74, 6) is 0.0556. The standard InChI is InChI=1S/C24H28N4OS/c1-4-18-9-5-6-13-28(18)24(29)21-15-25-23-20(12-11-16(2)26-23)22(21)27-17-8-7-10-19(14-17)30-3/h7-8,10-12,14-15,18H,4-6,9,13H2,1-3H3,(H,25,26,27)/t18-/m0/s1. The van der Waals surface area contributed by atoms with E-state index in [1.54, 1.807) is 18.0 Å². The SMILES string of the molecule is CC[C@H]1CCCCN1C(=O)c1cnc2nc(C)ccc2c1Nc1cccc(SC)c1. The lowest BCUT2D eigenvalue weighted by Crippen LogP contribution is -2.43. The number of aromatic nitrogens is 2. The monoisotopic (exact) mass is 420 g/mol. The molecule has 30 heavy (non-hydrogen) atoms.